The van der Waals surface area contributed by atoms with E-state index in [0.717, 1.165) is 5.56 Å². The van der Waals surface area contributed by atoms with Crippen molar-refractivity contribution in [3.05, 3.63) is 36.2 Å². The van der Waals surface area contributed by atoms with Crippen molar-refractivity contribution in [2.75, 3.05) is 0 Å². The average Bonchev–Trinajstić information content (AvgIpc) is 2.30. The van der Waals surface area contributed by atoms with Crippen molar-refractivity contribution in [2.45, 2.75) is 19.8 Å². The minimum absolute atomic E-state index is 0.259. The minimum atomic E-state index is 0.259. The van der Waals surface area contributed by atoms with Crippen molar-refractivity contribution in [2.24, 2.45) is 0 Å². The van der Waals surface area contributed by atoms with Gasteiger partial charge in [0.15, 0.2) is 5.82 Å². The maximum Gasteiger partial charge on any atom is 0.203 e. The summed E-state index contributed by atoms with van der Waals surface area (Å²) in [6.45, 7) is 4.03. The van der Waals surface area contributed by atoms with E-state index in [1.807, 2.05) is 44.2 Å². The number of nitrogens with zero attached hydrogens (tertiary/aromatic N) is 4. The third-order valence-electron chi connectivity index (χ3n) is 2.04. The highest BCUT2D eigenvalue weighted by Gasteiger charge is 2.06. The summed E-state index contributed by atoms with van der Waals surface area (Å²) in [4.78, 5) is 0. The summed E-state index contributed by atoms with van der Waals surface area (Å²) in [6.07, 6.45) is 0. The van der Waals surface area contributed by atoms with Crippen LogP contribution in [0.5, 0.6) is 0 Å². The van der Waals surface area contributed by atoms with Crippen LogP contribution in [0.15, 0.2) is 30.3 Å². The number of rotatable bonds is 2. The Kier molecular flexibility index (Phi) is 2.67. The molecule has 0 aliphatic heterocycles. The van der Waals surface area contributed by atoms with Crippen LogP contribution in [0.3, 0.4) is 0 Å². The Hall–Kier alpha value is -1.84. The summed E-state index contributed by atoms with van der Waals surface area (Å²) in [7, 11) is 0. The van der Waals surface area contributed by atoms with Gasteiger partial charge in [-0.3, -0.25) is 0 Å². The van der Waals surface area contributed by atoms with Crippen LogP contribution in [-0.4, -0.2) is 20.4 Å². The van der Waals surface area contributed by atoms with Crippen LogP contribution in [0.25, 0.3) is 11.4 Å². The fourth-order valence-electron chi connectivity index (χ4n) is 1.17. The van der Waals surface area contributed by atoms with Crippen LogP contribution in [0.2, 0.25) is 0 Å². The molecule has 15 heavy (non-hydrogen) atoms. The molecule has 0 spiro atoms. The van der Waals surface area contributed by atoms with Crippen molar-refractivity contribution >= 4 is 0 Å². The molecule has 1 aromatic carbocycles. The van der Waals surface area contributed by atoms with E-state index in [0.29, 0.717) is 11.6 Å². The molecule has 1 heterocycles. The van der Waals surface area contributed by atoms with Crippen molar-refractivity contribution in [1.29, 1.82) is 0 Å². The van der Waals surface area contributed by atoms with Crippen LogP contribution >= 0.6 is 0 Å². The Morgan fingerprint density at radius 3 is 2.00 bits per heavy atom. The summed E-state index contributed by atoms with van der Waals surface area (Å²) in [5, 5.41) is 16.2. The summed E-state index contributed by atoms with van der Waals surface area (Å²) in [5.74, 6) is 1.50. The van der Waals surface area contributed by atoms with Gasteiger partial charge in [-0.05, 0) is 0 Å². The quantitative estimate of drug-likeness (QED) is 0.744. The monoisotopic (exact) mass is 200 g/mol. The first-order valence-electron chi connectivity index (χ1n) is 4.90. The van der Waals surface area contributed by atoms with Crippen LogP contribution in [-0.2, 0) is 0 Å². The molecule has 0 unspecified atom stereocenters. The third kappa shape index (κ3) is 2.15. The highest BCUT2D eigenvalue weighted by molar-refractivity contribution is 5.52. The summed E-state index contributed by atoms with van der Waals surface area (Å²) >= 11 is 0. The van der Waals surface area contributed by atoms with Gasteiger partial charge >= 0.3 is 0 Å². The zero-order valence-corrected chi connectivity index (χ0v) is 8.75. The molecular formula is C11H12N4. The molecule has 2 aromatic rings. The molecule has 0 saturated heterocycles. The van der Waals surface area contributed by atoms with E-state index in [2.05, 4.69) is 20.4 Å². The van der Waals surface area contributed by atoms with Crippen molar-refractivity contribution in [3.8, 4) is 11.4 Å². The molecule has 4 nitrogen and oxygen atoms in total. The molecule has 4 heteroatoms. The van der Waals surface area contributed by atoms with Crippen LogP contribution in [0, 0.1) is 0 Å². The Labute approximate surface area is 88.4 Å². The van der Waals surface area contributed by atoms with Gasteiger partial charge in [0.25, 0.3) is 0 Å². The van der Waals surface area contributed by atoms with Crippen molar-refractivity contribution in [3.63, 3.8) is 0 Å². The lowest BCUT2D eigenvalue weighted by Gasteiger charge is -2.01. The lowest BCUT2D eigenvalue weighted by atomic mass is 10.2. The molecule has 0 bridgehead atoms. The summed E-state index contributed by atoms with van der Waals surface area (Å²) in [5.41, 5.74) is 0.938. The van der Waals surface area contributed by atoms with Crippen LogP contribution in [0.1, 0.15) is 25.6 Å². The second-order valence-electron chi connectivity index (χ2n) is 3.60. The van der Waals surface area contributed by atoms with E-state index in [4.69, 9.17) is 0 Å². The fraction of sp³-hybridized carbons (Fsp3) is 0.273. The van der Waals surface area contributed by atoms with E-state index >= 15 is 0 Å². The van der Waals surface area contributed by atoms with Gasteiger partial charge in [-0.2, -0.15) is 0 Å². The molecule has 0 saturated carbocycles. The second-order valence-corrected chi connectivity index (χ2v) is 3.60. The zero-order chi connectivity index (χ0) is 10.7. The molecule has 1 aromatic heterocycles. The minimum Gasteiger partial charge on any atom is -0.131 e. The summed E-state index contributed by atoms with van der Waals surface area (Å²) in [6, 6.07) is 9.71. The number of benzene rings is 1. The van der Waals surface area contributed by atoms with Gasteiger partial charge in [-0.25, -0.2) is 0 Å². The number of aromatic nitrogens is 4. The van der Waals surface area contributed by atoms with Crippen molar-refractivity contribution in [1.82, 2.24) is 20.4 Å². The molecule has 0 atom stereocenters. The van der Waals surface area contributed by atoms with E-state index in [1.165, 1.54) is 0 Å². The lowest BCUT2D eigenvalue weighted by molar-refractivity contribution is 0.695. The normalized spacial score (nSPS) is 10.6. The third-order valence-corrected chi connectivity index (χ3v) is 2.04. The predicted octanol–water partition coefficient (Wildman–Crippen LogP) is 2.06. The van der Waals surface area contributed by atoms with Gasteiger partial charge in [0.1, 0.15) is 0 Å². The topological polar surface area (TPSA) is 51.6 Å². The standard InChI is InChI=1S/C11H12N4/c1-8(2)10-12-14-11(15-13-10)9-6-4-3-5-7-9/h3-8H,1-2H3. The average molecular weight is 200 g/mol. The maximum absolute atomic E-state index is 4.05. The van der Waals surface area contributed by atoms with Gasteiger partial charge in [0.05, 0.1) is 0 Å². The number of hydrogen-bond donors (Lipinski definition) is 0. The molecular weight excluding hydrogens is 188 g/mol. The molecule has 0 N–H and O–H groups in total. The fourth-order valence-corrected chi connectivity index (χ4v) is 1.17. The largest absolute Gasteiger partial charge is 0.203 e. The molecule has 0 fully saturated rings. The van der Waals surface area contributed by atoms with Crippen LogP contribution in [0.4, 0.5) is 0 Å². The number of hydrogen-bond acceptors (Lipinski definition) is 4. The first-order chi connectivity index (χ1) is 7.27. The molecule has 0 aliphatic rings. The molecule has 0 amide bonds. The Bertz CT molecular complexity index is 422. The Morgan fingerprint density at radius 1 is 0.867 bits per heavy atom. The van der Waals surface area contributed by atoms with E-state index in [9.17, 15) is 0 Å². The van der Waals surface area contributed by atoms with Gasteiger partial charge in [-0.15, -0.1) is 20.4 Å². The first-order valence-corrected chi connectivity index (χ1v) is 4.90. The van der Waals surface area contributed by atoms with E-state index in [1.54, 1.807) is 0 Å². The highest BCUT2D eigenvalue weighted by Crippen LogP contribution is 2.12. The van der Waals surface area contributed by atoms with Gasteiger partial charge in [0.2, 0.25) is 5.82 Å². The lowest BCUT2D eigenvalue weighted by Crippen LogP contribution is -2.03. The molecule has 2 rings (SSSR count). The SMILES string of the molecule is CC(C)c1nnc(-c2ccccc2)nn1. The maximum atomic E-state index is 4.05. The Morgan fingerprint density at radius 2 is 1.47 bits per heavy atom. The first kappa shape index (κ1) is 9.71. The summed E-state index contributed by atoms with van der Waals surface area (Å²) < 4.78 is 0. The van der Waals surface area contributed by atoms with Crippen molar-refractivity contribution < 1.29 is 0 Å². The van der Waals surface area contributed by atoms with Gasteiger partial charge < -0.3 is 0 Å². The van der Waals surface area contributed by atoms with Gasteiger partial charge in [-0.1, -0.05) is 44.2 Å². The van der Waals surface area contributed by atoms with Crippen LogP contribution < -0.4 is 0 Å². The second kappa shape index (κ2) is 4.13. The van der Waals surface area contributed by atoms with Gasteiger partial charge in [0, 0.05) is 11.5 Å². The Balaban J connectivity index is 2.32. The molecule has 0 aliphatic carbocycles. The molecule has 0 radical (unpaired) electrons. The smallest absolute Gasteiger partial charge is 0.131 e. The van der Waals surface area contributed by atoms with E-state index < -0.39 is 0 Å². The highest BCUT2D eigenvalue weighted by atomic mass is 15.3. The van der Waals surface area contributed by atoms with E-state index in [-0.39, 0.29) is 5.92 Å². The zero-order valence-electron chi connectivity index (χ0n) is 8.75. The predicted molar refractivity (Wildman–Crippen MR) is 57.1 cm³/mol. The molecule has 76 valence electrons.